The van der Waals surface area contributed by atoms with Gasteiger partial charge >= 0.3 is 0 Å². The van der Waals surface area contributed by atoms with Gasteiger partial charge in [-0.15, -0.1) is 0 Å². The Morgan fingerprint density at radius 2 is 1.56 bits per heavy atom. The Morgan fingerprint density at radius 1 is 1.00 bits per heavy atom. The third-order valence-corrected chi connectivity index (χ3v) is 5.25. The minimum absolute atomic E-state index is 0.0685. The largest absolute Gasteiger partial charge is 0.325 e. The predicted octanol–water partition coefficient (Wildman–Crippen LogP) is 3.42. The molecular weight excluding hydrogens is 364 g/mol. The zero-order valence-corrected chi connectivity index (χ0v) is 16.7. The number of hydrogen-bond donors (Lipinski definition) is 1. The molecule has 2 aromatic rings. The summed E-state index contributed by atoms with van der Waals surface area (Å²) in [6.07, 6.45) is 1.07. The molecule has 0 heterocycles. The molecule has 0 aliphatic heterocycles. The Balaban J connectivity index is 2.16. The van der Waals surface area contributed by atoms with Crippen molar-refractivity contribution < 1.29 is 18.0 Å². The molecule has 0 saturated carbocycles. The van der Waals surface area contributed by atoms with E-state index in [1.54, 1.807) is 36.4 Å². The summed E-state index contributed by atoms with van der Waals surface area (Å²) in [6.45, 7) is 5.22. The molecule has 0 saturated heterocycles. The average molecular weight is 388 g/mol. The van der Waals surface area contributed by atoms with Crippen LogP contribution in [0.15, 0.2) is 48.5 Å². The first kappa shape index (κ1) is 20.6. The summed E-state index contributed by atoms with van der Waals surface area (Å²) in [6, 6.07) is 13.5. The molecule has 6 nitrogen and oxygen atoms in total. The number of Topliss-reactive ketones (excluding diaryl/α,β-unsaturated/α-hetero) is 1. The topological polar surface area (TPSA) is 83.6 Å². The van der Waals surface area contributed by atoms with E-state index < -0.39 is 15.9 Å². The Bertz CT molecular complexity index is 917. The second-order valence-corrected chi connectivity index (χ2v) is 8.60. The van der Waals surface area contributed by atoms with E-state index >= 15 is 0 Å². The van der Waals surface area contributed by atoms with E-state index in [9.17, 15) is 18.0 Å². The third-order valence-electron chi connectivity index (χ3n) is 4.11. The van der Waals surface area contributed by atoms with E-state index in [1.807, 2.05) is 26.0 Å². The highest BCUT2D eigenvalue weighted by atomic mass is 32.2. The number of carbonyl (C=O) groups is 2. The van der Waals surface area contributed by atoms with Crippen molar-refractivity contribution in [2.24, 2.45) is 0 Å². The average Bonchev–Trinajstić information content (AvgIpc) is 2.59. The number of sulfonamides is 1. The fraction of sp³-hybridized carbons (Fsp3) is 0.300. The van der Waals surface area contributed by atoms with Gasteiger partial charge in [-0.3, -0.25) is 13.9 Å². The van der Waals surface area contributed by atoms with E-state index in [0.29, 0.717) is 22.9 Å². The van der Waals surface area contributed by atoms with E-state index in [0.717, 1.165) is 16.1 Å². The second-order valence-electron chi connectivity index (χ2n) is 6.70. The number of nitrogens with one attached hydrogen (secondary N) is 1. The van der Waals surface area contributed by atoms with Crippen LogP contribution in [0.25, 0.3) is 0 Å². The van der Waals surface area contributed by atoms with Crippen LogP contribution in [0.2, 0.25) is 0 Å². The lowest BCUT2D eigenvalue weighted by molar-refractivity contribution is -0.114. The summed E-state index contributed by atoms with van der Waals surface area (Å²) in [5, 5.41) is 2.65. The monoisotopic (exact) mass is 388 g/mol. The molecular formula is C20H24N2O4S. The summed E-state index contributed by atoms with van der Waals surface area (Å²) in [4.78, 5) is 23.6. The number of amides is 1. The van der Waals surface area contributed by atoms with Crippen molar-refractivity contribution in [3.8, 4) is 0 Å². The quantitative estimate of drug-likeness (QED) is 0.737. The standard InChI is InChI=1S/C20H24N2O4S/c1-14(2)16-7-11-19(12-8-16)22(27(4,25)26)13-20(24)21-18-9-5-17(6-10-18)15(3)23/h5-12,14H,13H2,1-4H3,(H,21,24). The molecule has 1 N–H and O–H groups in total. The SMILES string of the molecule is CC(=O)c1ccc(NC(=O)CN(c2ccc(C(C)C)cc2)S(C)(=O)=O)cc1. The van der Waals surface area contributed by atoms with Crippen LogP contribution in [0.1, 0.15) is 42.6 Å². The van der Waals surface area contributed by atoms with Crippen molar-refractivity contribution in [3.63, 3.8) is 0 Å². The minimum Gasteiger partial charge on any atom is -0.325 e. The van der Waals surface area contributed by atoms with Gasteiger partial charge in [0.2, 0.25) is 15.9 Å². The number of benzene rings is 2. The zero-order chi connectivity index (χ0) is 20.2. The van der Waals surface area contributed by atoms with Gasteiger partial charge in [-0.05, 0) is 54.8 Å². The van der Waals surface area contributed by atoms with Crippen LogP contribution >= 0.6 is 0 Å². The van der Waals surface area contributed by atoms with Crippen molar-refractivity contribution in [2.75, 3.05) is 22.4 Å². The maximum atomic E-state index is 12.4. The molecule has 0 bridgehead atoms. The molecule has 2 rings (SSSR count). The lowest BCUT2D eigenvalue weighted by Gasteiger charge is -2.22. The molecule has 2 aromatic carbocycles. The highest BCUT2D eigenvalue weighted by Crippen LogP contribution is 2.22. The number of rotatable bonds is 7. The Labute approximate surface area is 160 Å². The van der Waals surface area contributed by atoms with Crippen LogP contribution in [0, 0.1) is 0 Å². The maximum Gasteiger partial charge on any atom is 0.245 e. The highest BCUT2D eigenvalue weighted by molar-refractivity contribution is 7.92. The Hall–Kier alpha value is -2.67. The summed E-state index contributed by atoms with van der Waals surface area (Å²) < 4.78 is 25.4. The first-order chi connectivity index (χ1) is 12.6. The maximum absolute atomic E-state index is 12.4. The van der Waals surface area contributed by atoms with Gasteiger partial charge in [0.25, 0.3) is 0 Å². The highest BCUT2D eigenvalue weighted by Gasteiger charge is 2.21. The van der Waals surface area contributed by atoms with Crippen LogP contribution in [0.3, 0.4) is 0 Å². The van der Waals surface area contributed by atoms with Gasteiger partial charge in [0.15, 0.2) is 5.78 Å². The van der Waals surface area contributed by atoms with Crippen molar-refractivity contribution in [3.05, 3.63) is 59.7 Å². The van der Waals surface area contributed by atoms with Crippen molar-refractivity contribution in [1.29, 1.82) is 0 Å². The lowest BCUT2D eigenvalue weighted by atomic mass is 10.0. The van der Waals surface area contributed by atoms with Crippen LogP contribution in [0.4, 0.5) is 11.4 Å². The van der Waals surface area contributed by atoms with E-state index in [1.165, 1.54) is 6.92 Å². The number of anilines is 2. The molecule has 0 aliphatic carbocycles. The van der Waals surface area contributed by atoms with E-state index in [4.69, 9.17) is 0 Å². The van der Waals surface area contributed by atoms with Gasteiger partial charge in [0.1, 0.15) is 6.54 Å². The molecule has 27 heavy (non-hydrogen) atoms. The smallest absolute Gasteiger partial charge is 0.245 e. The molecule has 7 heteroatoms. The summed E-state index contributed by atoms with van der Waals surface area (Å²) in [5.74, 6) is -0.211. The molecule has 0 fully saturated rings. The minimum atomic E-state index is -3.63. The van der Waals surface area contributed by atoms with Crippen LogP contribution < -0.4 is 9.62 Å². The lowest BCUT2D eigenvalue weighted by Crippen LogP contribution is -2.37. The Morgan fingerprint density at radius 3 is 2.00 bits per heavy atom. The van der Waals surface area contributed by atoms with Gasteiger partial charge in [0.05, 0.1) is 11.9 Å². The molecule has 0 radical (unpaired) electrons. The third kappa shape index (κ3) is 5.65. The molecule has 144 valence electrons. The number of hydrogen-bond acceptors (Lipinski definition) is 4. The summed E-state index contributed by atoms with van der Waals surface area (Å²) >= 11 is 0. The molecule has 0 unspecified atom stereocenters. The zero-order valence-electron chi connectivity index (χ0n) is 15.9. The van der Waals surface area contributed by atoms with Gasteiger partial charge in [-0.25, -0.2) is 8.42 Å². The molecule has 0 aromatic heterocycles. The van der Waals surface area contributed by atoms with E-state index in [-0.39, 0.29) is 12.3 Å². The predicted molar refractivity (Wildman–Crippen MR) is 108 cm³/mol. The molecule has 1 amide bonds. The van der Waals surface area contributed by atoms with Crippen molar-refractivity contribution >= 4 is 33.1 Å². The fourth-order valence-electron chi connectivity index (χ4n) is 2.54. The first-order valence-electron chi connectivity index (χ1n) is 8.56. The van der Waals surface area contributed by atoms with Crippen molar-refractivity contribution in [1.82, 2.24) is 0 Å². The van der Waals surface area contributed by atoms with E-state index in [2.05, 4.69) is 5.32 Å². The van der Waals surface area contributed by atoms with Gasteiger partial charge in [-0.1, -0.05) is 26.0 Å². The molecule has 0 atom stereocenters. The van der Waals surface area contributed by atoms with Crippen molar-refractivity contribution in [2.45, 2.75) is 26.7 Å². The Kier molecular flexibility index (Phi) is 6.38. The molecule has 0 aliphatic rings. The first-order valence-corrected chi connectivity index (χ1v) is 10.4. The summed E-state index contributed by atoms with van der Waals surface area (Å²) in [7, 11) is -3.63. The second kappa shape index (κ2) is 8.35. The summed E-state index contributed by atoms with van der Waals surface area (Å²) in [5.41, 5.74) is 2.55. The number of ketones is 1. The van der Waals surface area contributed by atoms with Gasteiger partial charge in [-0.2, -0.15) is 0 Å². The van der Waals surface area contributed by atoms with Crippen LogP contribution in [0.5, 0.6) is 0 Å². The normalized spacial score (nSPS) is 11.3. The molecule has 0 spiro atoms. The number of carbonyl (C=O) groups excluding carboxylic acids is 2. The number of nitrogens with zero attached hydrogens (tertiary/aromatic N) is 1. The fourth-order valence-corrected chi connectivity index (χ4v) is 3.40. The van der Waals surface area contributed by atoms with Gasteiger partial charge in [0, 0.05) is 11.3 Å². The van der Waals surface area contributed by atoms with Gasteiger partial charge < -0.3 is 5.32 Å². The van der Waals surface area contributed by atoms with Crippen LogP contribution in [-0.4, -0.2) is 32.9 Å². The van der Waals surface area contributed by atoms with Crippen LogP contribution in [-0.2, 0) is 14.8 Å².